The molecular formula is C13H21N3O2S. The van der Waals surface area contributed by atoms with Crippen molar-refractivity contribution in [3.05, 3.63) is 18.2 Å². The average molecular weight is 283 g/mol. The van der Waals surface area contributed by atoms with E-state index < -0.39 is 10.0 Å². The highest BCUT2D eigenvalue weighted by Gasteiger charge is 2.30. The summed E-state index contributed by atoms with van der Waals surface area (Å²) < 4.78 is 22.5. The van der Waals surface area contributed by atoms with Crippen molar-refractivity contribution in [2.24, 2.45) is 10.6 Å². The topological polar surface area (TPSA) is 98.2 Å². The lowest BCUT2D eigenvalue weighted by Gasteiger charge is -2.19. The van der Waals surface area contributed by atoms with Crippen LogP contribution in [0.3, 0.4) is 0 Å². The van der Waals surface area contributed by atoms with Crippen molar-refractivity contribution in [1.82, 2.24) is 0 Å². The number of rotatable bonds is 3. The van der Waals surface area contributed by atoms with Gasteiger partial charge in [-0.05, 0) is 42.9 Å². The molecule has 1 saturated carbocycles. The predicted octanol–water partition coefficient (Wildman–Crippen LogP) is 1.91. The number of anilines is 2. The van der Waals surface area contributed by atoms with E-state index in [4.69, 9.17) is 10.9 Å². The van der Waals surface area contributed by atoms with E-state index in [1.54, 1.807) is 6.07 Å². The van der Waals surface area contributed by atoms with Gasteiger partial charge in [0.15, 0.2) is 0 Å². The molecule has 5 N–H and O–H groups in total. The normalized spacial score (nSPS) is 22.4. The Morgan fingerprint density at radius 1 is 1.37 bits per heavy atom. The summed E-state index contributed by atoms with van der Waals surface area (Å²) in [6.45, 7) is 4.50. The Balaban J connectivity index is 2.15. The van der Waals surface area contributed by atoms with Crippen molar-refractivity contribution in [2.45, 2.75) is 44.0 Å². The minimum Gasteiger partial charge on any atom is -0.397 e. The van der Waals surface area contributed by atoms with Gasteiger partial charge in [0.1, 0.15) is 0 Å². The standard InChI is InChI=1S/C13H21N3O2S/c1-13(2)6-5-9(8-13)16-12-4-3-10(7-11(12)14)19(15,17)18/h3-4,7,9,16H,5-6,8,14H2,1-2H3,(H2,15,17,18). The lowest BCUT2D eigenvalue weighted by atomic mass is 9.92. The van der Waals surface area contributed by atoms with Crippen LogP contribution in [0.25, 0.3) is 0 Å². The molecule has 0 heterocycles. The molecule has 0 aliphatic heterocycles. The summed E-state index contributed by atoms with van der Waals surface area (Å²) in [6, 6.07) is 4.95. The molecule has 1 fully saturated rings. The van der Waals surface area contributed by atoms with Crippen LogP contribution in [0.1, 0.15) is 33.1 Å². The SMILES string of the molecule is CC1(C)CCC(Nc2ccc(S(N)(=O)=O)cc2N)C1. The van der Waals surface area contributed by atoms with Crippen LogP contribution in [-0.4, -0.2) is 14.5 Å². The molecule has 0 spiro atoms. The van der Waals surface area contributed by atoms with E-state index in [2.05, 4.69) is 19.2 Å². The van der Waals surface area contributed by atoms with Gasteiger partial charge in [-0.3, -0.25) is 0 Å². The predicted molar refractivity (Wildman–Crippen MR) is 77.3 cm³/mol. The molecule has 1 aromatic rings. The summed E-state index contributed by atoms with van der Waals surface area (Å²) in [5.41, 5.74) is 7.42. The van der Waals surface area contributed by atoms with Gasteiger partial charge in [0.2, 0.25) is 10.0 Å². The first-order chi connectivity index (χ1) is 8.67. The van der Waals surface area contributed by atoms with E-state index in [1.807, 2.05) is 0 Å². The first-order valence-electron chi connectivity index (χ1n) is 6.36. The van der Waals surface area contributed by atoms with Crippen LogP contribution < -0.4 is 16.2 Å². The van der Waals surface area contributed by atoms with E-state index in [9.17, 15) is 8.42 Å². The molecule has 0 saturated heterocycles. The molecule has 19 heavy (non-hydrogen) atoms. The Hall–Kier alpha value is -1.27. The minimum atomic E-state index is -3.70. The van der Waals surface area contributed by atoms with Gasteiger partial charge in [0.05, 0.1) is 16.3 Å². The number of nitrogen functional groups attached to an aromatic ring is 1. The molecule has 1 unspecified atom stereocenters. The van der Waals surface area contributed by atoms with Gasteiger partial charge in [-0.15, -0.1) is 0 Å². The highest BCUT2D eigenvalue weighted by molar-refractivity contribution is 7.89. The van der Waals surface area contributed by atoms with E-state index in [1.165, 1.54) is 18.6 Å². The zero-order valence-corrected chi connectivity index (χ0v) is 12.1. The summed E-state index contributed by atoms with van der Waals surface area (Å²) in [4.78, 5) is 0.0438. The third-order valence-corrected chi connectivity index (χ3v) is 4.59. The highest BCUT2D eigenvalue weighted by Crippen LogP contribution is 2.38. The molecular weight excluding hydrogens is 262 g/mol. The number of sulfonamides is 1. The highest BCUT2D eigenvalue weighted by atomic mass is 32.2. The Bertz CT molecular complexity index is 582. The van der Waals surface area contributed by atoms with Crippen molar-refractivity contribution in [3.63, 3.8) is 0 Å². The zero-order valence-electron chi connectivity index (χ0n) is 11.3. The monoisotopic (exact) mass is 283 g/mol. The zero-order chi connectivity index (χ0) is 14.3. The summed E-state index contributed by atoms with van der Waals surface area (Å²) in [5.74, 6) is 0. The summed E-state index contributed by atoms with van der Waals surface area (Å²) in [6.07, 6.45) is 3.37. The maximum absolute atomic E-state index is 11.2. The Kier molecular flexibility index (Phi) is 3.49. The molecule has 106 valence electrons. The number of benzene rings is 1. The van der Waals surface area contributed by atoms with Gasteiger partial charge in [0.25, 0.3) is 0 Å². The maximum Gasteiger partial charge on any atom is 0.238 e. The molecule has 0 aromatic heterocycles. The molecule has 0 amide bonds. The van der Waals surface area contributed by atoms with Crippen LogP contribution in [0, 0.1) is 5.41 Å². The largest absolute Gasteiger partial charge is 0.397 e. The van der Waals surface area contributed by atoms with Gasteiger partial charge < -0.3 is 11.1 Å². The number of hydrogen-bond donors (Lipinski definition) is 3. The first-order valence-corrected chi connectivity index (χ1v) is 7.91. The second kappa shape index (κ2) is 4.68. The fourth-order valence-electron chi connectivity index (χ4n) is 2.63. The quantitative estimate of drug-likeness (QED) is 0.738. The Labute approximate surface area is 114 Å². The summed E-state index contributed by atoms with van der Waals surface area (Å²) in [7, 11) is -3.70. The van der Waals surface area contributed by atoms with Crippen molar-refractivity contribution in [2.75, 3.05) is 11.1 Å². The van der Waals surface area contributed by atoms with Crippen LogP contribution in [-0.2, 0) is 10.0 Å². The smallest absolute Gasteiger partial charge is 0.238 e. The molecule has 5 nitrogen and oxygen atoms in total. The molecule has 1 atom stereocenters. The molecule has 2 rings (SSSR count). The third-order valence-electron chi connectivity index (χ3n) is 3.68. The molecule has 1 aliphatic carbocycles. The third kappa shape index (κ3) is 3.39. The lowest BCUT2D eigenvalue weighted by Crippen LogP contribution is -2.19. The van der Waals surface area contributed by atoms with Crippen molar-refractivity contribution >= 4 is 21.4 Å². The van der Waals surface area contributed by atoms with Crippen LogP contribution in [0.5, 0.6) is 0 Å². The van der Waals surface area contributed by atoms with Crippen LogP contribution in [0.4, 0.5) is 11.4 Å². The second-order valence-electron chi connectivity index (χ2n) is 6.04. The van der Waals surface area contributed by atoms with Crippen LogP contribution in [0.15, 0.2) is 23.1 Å². The number of nitrogens with one attached hydrogen (secondary N) is 1. The van der Waals surface area contributed by atoms with Gasteiger partial charge in [-0.2, -0.15) is 0 Å². The van der Waals surface area contributed by atoms with Gasteiger partial charge in [-0.1, -0.05) is 13.8 Å². The fourth-order valence-corrected chi connectivity index (χ4v) is 3.18. The van der Waals surface area contributed by atoms with E-state index >= 15 is 0 Å². The van der Waals surface area contributed by atoms with E-state index in [0.717, 1.165) is 18.5 Å². The summed E-state index contributed by atoms with van der Waals surface area (Å²) in [5, 5.41) is 8.45. The summed E-state index contributed by atoms with van der Waals surface area (Å²) >= 11 is 0. The average Bonchev–Trinajstić information content (AvgIpc) is 2.59. The molecule has 6 heteroatoms. The van der Waals surface area contributed by atoms with E-state index in [0.29, 0.717) is 17.1 Å². The lowest BCUT2D eigenvalue weighted by molar-refractivity contribution is 0.378. The fraction of sp³-hybridized carbons (Fsp3) is 0.538. The number of primary sulfonamides is 1. The van der Waals surface area contributed by atoms with E-state index in [-0.39, 0.29) is 4.90 Å². The number of hydrogen-bond acceptors (Lipinski definition) is 4. The molecule has 0 bridgehead atoms. The van der Waals surface area contributed by atoms with Gasteiger partial charge >= 0.3 is 0 Å². The molecule has 1 aromatic carbocycles. The van der Waals surface area contributed by atoms with Crippen molar-refractivity contribution < 1.29 is 8.42 Å². The van der Waals surface area contributed by atoms with Crippen LogP contribution >= 0.6 is 0 Å². The number of nitrogens with two attached hydrogens (primary N) is 2. The second-order valence-corrected chi connectivity index (χ2v) is 7.60. The van der Waals surface area contributed by atoms with Crippen LogP contribution in [0.2, 0.25) is 0 Å². The maximum atomic E-state index is 11.2. The molecule has 1 aliphatic rings. The van der Waals surface area contributed by atoms with Crippen molar-refractivity contribution in [1.29, 1.82) is 0 Å². The van der Waals surface area contributed by atoms with Gasteiger partial charge in [-0.25, -0.2) is 13.6 Å². The Morgan fingerprint density at radius 3 is 2.53 bits per heavy atom. The van der Waals surface area contributed by atoms with Crippen molar-refractivity contribution in [3.8, 4) is 0 Å². The van der Waals surface area contributed by atoms with Gasteiger partial charge in [0, 0.05) is 6.04 Å². The molecule has 0 radical (unpaired) electrons. The Morgan fingerprint density at radius 2 is 2.05 bits per heavy atom. The first kappa shape index (κ1) is 14.1. The minimum absolute atomic E-state index is 0.0438.